The second-order valence-electron chi connectivity index (χ2n) is 3.25. The summed E-state index contributed by atoms with van der Waals surface area (Å²) >= 11 is 0. The van der Waals surface area contributed by atoms with Crippen molar-refractivity contribution in [3.05, 3.63) is 17.8 Å². The molecule has 4 nitrogen and oxygen atoms in total. The molecule has 1 N–H and O–H groups in total. The Balaban J connectivity index is 2.37. The van der Waals surface area contributed by atoms with Gasteiger partial charge in [0.1, 0.15) is 0 Å². The van der Waals surface area contributed by atoms with Crippen molar-refractivity contribution in [3.8, 4) is 5.75 Å². The Kier molecular flexibility index (Phi) is 2.11. The van der Waals surface area contributed by atoms with Crippen molar-refractivity contribution in [1.29, 1.82) is 0 Å². The Morgan fingerprint density at radius 3 is 3.07 bits per heavy atom. The van der Waals surface area contributed by atoms with Crippen molar-refractivity contribution in [2.24, 2.45) is 0 Å². The number of hydrogen-bond acceptors (Lipinski definition) is 3. The second kappa shape index (κ2) is 3.29. The van der Waals surface area contributed by atoms with E-state index in [0.29, 0.717) is 11.6 Å². The summed E-state index contributed by atoms with van der Waals surface area (Å²) in [5, 5.41) is 2.71. The molecule has 0 saturated carbocycles. The fourth-order valence-electron chi connectivity index (χ4n) is 1.33. The zero-order valence-electron chi connectivity index (χ0n) is 8.20. The van der Waals surface area contributed by atoms with Crippen LogP contribution in [0.15, 0.2) is 12.1 Å². The number of aromatic nitrogens is 1. The largest absolute Gasteiger partial charge is 0.477 e. The number of anilines is 1. The minimum Gasteiger partial charge on any atom is -0.477 e. The van der Waals surface area contributed by atoms with Crippen LogP contribution in [0.1, 0.15) is 19.5 Å². The number of nitrogens with one attached hydrogen (secondary N) is 1. The Morgan fingerprint density at radius 2 is 2.36 bits per heavy atom. The van der Waals surface area contributed by atoms with Gasteiger partial charge in [0.2, 0.25) is 0 Å². The van der Waals surface area contributed by atoms with E-state index in [0.717, 1.165) is 12.1 Å². The molecule has 1 aromatic heterocycles. The van der Waals surface area contributed by atoms with Crippen LogP contribution < -0.4 is 10.1 Å². The first-order valence-corrected chi connectivity index (χ1v) is 4.68. The first kappa shape index (κ1) is 8.99. The maximum atomic E-state index is 11.3. The van der Waals surface area contributed by atoms with Crippen LogP contribution in [0.3, 0.4) is 0 Å². The van der Waals surface area contributed by atoms with Crippen molar-refractivity contribution < 1.29 is 9.53 Å². The third-order valence-corrected chi connectivity index (χ3v) is 2.19. The Hall–Kier alpha value is -1.58. The van der Waals surface area contributed by atoms with Gasteiger partial charge >= 0.3 is 0 Å². The van der Waals surface area contributed by atoms with Crippen LogP contribution in [0.4, 0.5) is 5.82 Å². The summed E-state index contributed by atoms with van der Waals surface area (Å²) in [5.74, 6) is 1.04. The molecule has 1 atom stereocenters. The second-order valence-corrected chi connectivity index (χ2v) is 3.25. The van der Waals surface area contributed by atoms with Gasteiger partial charge in [-0.2, -0.15) is 0 Å². The lowest BCUT2D eigenvalue weighted by atomic mass is 10.2. The summed E-state index contributed by atoms with van der Waals surface area (Å²) in [6.07, 6.45) is 0.412. The molecule has 1 aromatic rings. The molecule has 0 fully saturated rings. The molecule has 14 heavy (non-hydrogen) atoms. The van der Waals surface area contributed by atoms with Crippen LogP contribution in [-0.2, 0) is 11.2 Å². The monoisotopic (exact) mass is 192 g/mol. The summed E-state index contributed by atoms with van der Waals surface area (Å²) < 4.78 is 5.37. The van der Waals surface area contributed by atoms with Crippen LogP contribution in [-0.4, -0.2) is 17.0 Å². The number of aryl methyl sites for hydroxylation is 1. The van der Waals surface area contributed by atoms with E-state index in [9.17, 15) is 4.79 Å². The smallest absolute Gasteiger partial charge is 0.266 e. The molecule has 0 aliphatic carbocycles. The van der Waals surface area contributed by atoms with Crippen molar-refractivity contribution in [3.63, 3.8) is 0 Å². The average molecular weight is 192 g/mol. The summed E-state index contributed by atoms with van der Waals surface area (Å²) in [6, 6.07) is 3.75. The maximum absolute atomic E-state index is 11.3. The third-order valence-electron chi connectivity index (χ3n) is 2.19. The molecule has 1 aliphatic rings. The summed E-state index contributed by atoms with van der Waals surface area (Å²) in [5.41, 5.74) is 0.946. The van der Waals surface area contributed by atoms with Gasteiger partial charge in [-0.1, -0.05) is 6.92 Å². The van der Waals surface area contributed by atoms with Gasteiger partial charge in [-0.3, -0.25) is 4.79 Å². The molecular weight excluding hydrogens is 180 g/mol. The molecular formula is C10H12N2O2. The lowest BCUT2D eigenvalue weighted by Crippen LogP contribution is -2.34. The van der Waals surface area contributed by atoms with Crippen LogP contribution in [0.2, 0.25) is 0 Å². The molecule has 0 bridgehead atoms. The number of pyridine rings is 1. The molecule has 74 valence electrons. The van der Waals surface area contributed by atoms with Gasteiger partial charge in [-0.25, -0.2) is 4.98 Å². The highest BCUT2D eigenvalue weighted by Crippen LogP contribution is 2.27. The number of nitrogens with zero attached hydrogens (tertiary/aromatic N) is 1. The first-order chi connectivity index (χ1) is 6.70. The average Bonchev–Trinajstić information content (AvgIpc) is 2.19. The predicted molar refractivity (Wildman–Crippen MR) is 52.3 cm³/mol. The number of carbonyl (C=O) groups excluding carboxylic acids is 1. The van der Waals surface area contributed by atoms with E-state index in [2.05, 4.69) is 10.3 Å². The van der Waals surface area contributed by atoms with E-state index >= 15 is 0 Å². The first-order valence-electron chi connectivity index (χ1n) is 4.68. The van der Waals surface area contributed by atoms with E-state index in [1.54, 1.807) is 6.92 Å². The van der Waals surface area contributed by atoms with Crippen molar-refractivity contribution in [1.82, 2.24) is 4.98 Å². The number of amides is 1. The predicted octanol–water partition coefficient (Wildman–Crippen LogP) is 1.36. The molecule has 0 aromatic carbocycles. The standard InChI is InChI=1S/C10H12N2O2/c1-3-7-4-5-8-9(11-7)12-10(13)6(2)14-8/h4-6H,3H2,1-2H3,(H,11,12,13)/t6-/m1/s1. The molecule has 0 unspecified atom stereocenters. The van der Waals surface area contributed by atoms with Crippen molar-refractivity contribution in [2.75, 3.05) is 5.32 Å². The van der Waals surface area contributed by atoms with Gasteiger partial charge in [0.15, 0.2) is 17.7 Å². The molecule has 0 spiro atoms. The molecule has 2 heterocycles. The van der Waals surface area contributed by atoms with E-state index in [1.165, 1.54) is 0 Å². The normalized spacial score (nSPS) is 19.6. The fourth-order valence-corrected chi connectivity index (χ4v) is 1.33. The van der Waals surface area contributed by atoms with E-state index in [-0.39, 0.29) is 5.91 Å². The Labute approximate surface area is 82.3 Å². The van der Waals surface area contributed by atoms with Gasteiger partial charge < -0.3 is 10.1 Å². The summed E-state index contributed by atoms with van der Waals surface area (Å²) in [7, 11) is 0. The molecule has 0 radical (unpaired) electrons. The van der Waals surface area contributed by atoms with E-state index in [4.69, 9.17) is 4.74 Å². The van der Waals surface area contributed by atoms with Crippen LogP contribution in [0.5, 0.6) is 5.75 Å². The Bertz CT molecular complexity index is 376. The summed E-state index contributed by atoms with van der Waals surface area (Å²) in [6.45, 7) is 3.73. The van der Waals surface area contributed by atoms with Crippen LogP contribution in [0, 0.1) is 0 Å². The van der Waals surface area contributed by atoms with E-state index < -0.39 is 6.10 Å². The highest BCUT2D eigenvalue weighted by molar-refractivity contribution is 5.96. The molecule has 0 saturated heterocycles. The van der Waals surface area contributed by atoms with E-state index in [1.807, 2.05) is 19.1 Å². The fraction of sp³-hybridized carbons (Fsp3) is 0.400. The topological polar surface area (TPSA) is 51.2 Å². The van der Waals surface area contributed by atoms with Gasteiger partial charge in [0, 0.05) is 5.69 Å². The minimum atomic E-state index is -0.434. The molecule has 4 heteroatoms. The lowest BCUT2D eigenvalue weighted by Gasteiger charge is -2.22. The highest BCUT2D eigenvalue weighted by Gasteiger charge is 2.24. The number of hydrogen-bond donors (Lipinski definition) is 1. The van der Waals surface area contributed by atoms with Crippen molar-refractivity contribution >= 4 is 11.7 Å². The quantitative estimate of drug-likeness (QED) is 0.731. The zero-order valence-corrected chi connectivity index (χ0v) is 8.20. The lowest BCUT2D eigenvalue weighted by molar-refractivity contribution is -0.122. The zero-order chi connectivity index (χ0) is 10.1. The van der Waals surface area contributed by atoms with Crippen LogP contribution >= 0.6 is 0 Å². The SMILES string of the molecule is CCc1ccc2c(n1)NC(=O)[C@@H](C)O2. The van der Waals surface area contributed by atoms with Crippen molar-refractivity contribution in [2.45, 2.75) is 26.4 Å². The minimum absolute atomic E-state index is 0.141. The summed E-state index contributed by atoms with van der Waals surface area (Å²) in [4.78, 5) is 15.5. The van der Waals surface area contributed by atoms with Gasteiger partial charge in [-0.05, 0) is 25.5 Å². The molecule has 1 aliphatic heterocycles. The number of carbonyl (C=O) groups is 1. The Morgan fingerprint density at radius 1 is 1.57 bits per heavy atom. The number of ether oxygens (including phenoxy) is 1. The van der Waals surface area contributed by atoms with Gasteiger partial charge in [0.05, 0.1) is 0 Å². The number of fused-ring (bicyclic) bond motifs is 1. The molecule has 2 rings (SSSR count). The van der Waals surface area contributed by atoms with Gasteiger partial charge in [-0.15, -0.1) is 0 Å². The number of rotatable bonds is 1. The third kappa shape index (κ3) is 1.43. The van der Waals surface area contributed by atoms with Crippen LogP contribution in [0.25, 0.3) is 0 Å². The highest BCUT2D eigenvalue weighted by atomic mass is 16.5. The maximum Gasteiger partial charge on any atom is 0.266 e. The molecule has 1 amide bonds. The van der Waals surface area contributed by atoms with Gasteiger partial charge in [0.25, 0.3) is 5.91 Å².